The molecule has 0 atom stereocenters. The van der Waals surface area contributed by atoms with Crippen molar-refractivity contribution >= 4 is 11.8 Å². The van der Waals surface area contributed by atoms with Gasteiger partial charge >= 0.3 is 0 Å². The van der Waals surface area contributed by atoms with Crippen molar-refractivity contribution in [3.8, 4) is 11.8 Å². The molecule has 2 amide bonds. The lowest BCUT2D eigenvalue weighted by Gasteiger charge is -2.05. The summed E-state index contributed by atoms with van der Waals surface area (Å²) in [4.78, 5) is 23.3. The molecule has 0 radical (unpaired) electrons. The third-order valence-corrected chi connectivity index (χ3v) is 3.03. The molecule has 4 heteroatoms. The van der Waals surface area contributed by atoms with Crippen molar-refractivity contribution in [3.63, 3.8) is 0 Å². The summed E-state index contributed by atoms with van der Waals surface area (Å²) in [6.07, 6.45) is 0.266. The van der Waals surface area contributed by atoms with Gasteiger partial charge in [0.15, 0.2) is 0 Å². The fourth-order valence-corrected chi connectivity index (χ4v) is 1.90. The number of amides is 2. The SMILES string of the molecule is O=C(CNC(=O)Cc1ccccc1)NCC#Cc1ccccc1. The van der Waals surface area contributed by atoms with Gasteiger partial charge in [-0.15, -0.1) is 0 Å². The zero-order chi connectivity index (χ0) is 16.3. The minimum absolute atomic E-state index is 0.0430. The fourth-order valence-electron chi connectivity index (χ4n) is 1.90. The summed E-state index contributed by atoms with van der Waals surface area (Å²) < 4.78 is 0. The molecular weight excluding hydrogens is 288 g/mol. The van der Waals surface area contributed by atoms with Crippen molar-refractivity contribution in [1.29, 1.82) is 0 Å². The van der Waals surface area contributed by atoms with Crippen LogP contribution in [-0.2, 0) is 16.0 Å². The van der Waals surface area contributed by atoms with E-state index in [1.807, 2.05) is 60.7 Å². The lowest BCUT2D eigenvalue weighted by Crippen LogP contribution is -2.37. The Morgan fingerprint density at radius 2 is 1.48 bits per heavy atom. The van der Waals surface area contributed by atoms with E-state index in [4.69, 9.17) is 0 Å². The van der Waals surface area contributed by atoms with Crippen LogP contribution in [0.15, 0.2) is 60.7 Å². The van der Waals surface area contributed by atoms with Gasteiger partial charge in [0, 0.05) is 5.56 Å². The first-order valence-electron chi connectivity index (χ1n) is 7.35. The molecule has 0 fully saturated rings. The summed E-state index contributed by atoms with van der Waals surface area (Å²) in [6.45, 7) is 0.209. The van der Waals surface area contributed by atoms with E-state index in [-0.39, 0.29) is 31.3 Å². The molecule has 116 valence electrons. The smallest absolute Gasteiger partial charge is 0.240 e. The van der Waals surface area contributed by atoms with Gasteiger partial charge in [-0.05, 0) is 17.7 Å². The first-order chi connectivity index (χ1) is 11.2. The van der Waals surface area contributed by atoms with E-state index >= 15 is 0 Å². The Labute approximate surface area is 135 Å². The maximum absolute atomic E-state index is 11.7. The lowest BCUT2D eigenvalue weighted by molar-refractivity contribution is -0.125. The van der Waals surface area contributed by atoms with Crippen molar-refractivity contribution in [2.75, 3.05) is 13.1 Å². The zero-order valence-electron chi connectivity index (χ0n) is 12.7. The number of nitrogens with one attached hydrogen (secondary N) is 2. The molecule has 0 heterocycles. The molecule has 0 bridgehead atoms. The van der Waals surface area contributed by atoms with Crippen LogP contribution in [-0.4, -0.2) is 24.9 Å². The Morgan fingerprint density at radius 1 is 0.826 bits per heavy atom. The van der Waals surface area contributed by atoms with Gasteiger partial charge in [0.25, 0.3) is 0 Å². The second-order valence-corrected chi connectivity index (χ2v) is 4.88. The maximum atomic E-state index is 11.7. The number of hydrogen-bond acceptors (Lipinski definition) is 2. The van der Waals surface area contributed by atoms with Crippen LogP contribution in [0.1, 0.15) is 11.1 Å². The van der Waals surface area contributed by atoms with E-state index in [0.29, 0.717) is 0 Å². The standard InChI is InChI=1S/C19H18N2O2/c22-18(14-17-10-5-2-6-11-17)21-15-19(23)20-13-7-12-16-8-3-1-4-9-16/h1-6,8-11H,13-15H2,(H,20,23)(H,21,22). The Morgan fingerprint density at radius 3 is 2.17 bits per heavy atom. The third-order valence-electron chi connectivity index (χ3n) is 3.03. The van der Waals surface area contributed by atoms with Crippen LogP contribution >= 0.6 is 0 Å². The van der Waals surface area contributed by atoms with Gasteiger partial charge in [-0.2, -0.15) is 0 Å². The highest BCUT2D eigenvalue weighted by Crippen LogP contribution is 1.98. The largest absolute Gasteiger partial charge is 0.347 e. The van der Waals surface area contributed by atoms with Crippen LogP contribution in [0.3, 0.4) is 0 Å². The minimum atomic E-state index is -0.256. The fraction of sp³-hybridized carbons (Fsp3) is 0.158. The molecule has 2 rings (SSSR count). The molecule has 0 spiro atoms. The van der Waals surface area contributed by atoms with E-state index < -0.39 is 0 Å². The second-order valence-electron chi connectivity index (χ2n) is 4.88. The maximum Gasteiger partial charge on any atom is 0.240 e. The monoisotopic (exact) mass is 306 g/mol. The van der Waals surface area contributed by atoms with Crippen LogP contribution in [0.2, 0.25) is 0 Å². The van der Waals surface area contributed by atoms with Crippen molar-refractivity contribution in [2.45, 2.75) is 6.42 Å². The van der Waals surface area contributed by atoms with Crippen molar-refractivity contribution in [2.24, 2.45) is 0 Å². The van der Waals surface area contributed by atoms with Crippen molar-refractivity contribution in [1.82, 2.24) is 10.6 Å². The highest BCUT2D eigenvalue weighted by atomic mass is 16.2. The van der Waals surface area contributed by atoms with Gasteiger partial charge in [-0.25, -0.2) is 0 Å². The van der Waals surface area contributed by atoms with E-state index in [2.05, 4.69) is 22.5 Å². The predicted octanol–water partition coefficient (Wildman–Crippen LogP) is 1.51. The topological polar surface area (TPSA) is 58.2 Å². The molecule has 0 saturated carbocycles. The number of benzene rings is 2. The molecule has 23 heavy (non-hydrogen) atoms. The van der Waals surface area contributed by atoms with Crippen LogP contribution < -0.4 is 10.6 Å². The quantitative estimate of drug-likeness (QED) is 0.823. The molecule has 0 aliphatic heterocycles. The van der Waals surface area contributed by atoms with E-state index in [1.165, 1.54) is 0 Å². The summed E-state index contributed by atoms with van der Waals surface area (Å²) >= 11 is 0. The lowest BCUT2D eigenvalue weighted by atomic mass is 10.1. The summed E-state index contributed by atoms with van der Waals surface area (Å²) in [7, 11) is 0. The first-order valence-corrected chi connectivity index (χ1v) is 7.35. The highest BCUT2D eigenvalue weighted by Gasteiger charge is 2.05. The average molecular weight is 306 g/mol. The average Bonchev–Trinajstić information content (AvgIpc) is 2.59. The summed E-state index contributed by atoms with van der Waals surface area (Å²) in [6, 6.07) is 18.9. The minimum Gasteiger partial charge on any atom is -0.347 e. The van der Waals surface area contributed by atoms with Gasteiger partial charge < -0.3 is 10.6 Å². The molecular formula is C19H18N2O2. The number of rotatable bonds is 5. The summed E-state index contributed by atoms with van der Waals surface area (Å²) in [5.74, 6) is 5.38. The van der Waals surface area contributed by atoms with Crippen LogP contribution in [0.5, 0.6) is 0 Å². The van der Waals surface area contributed by atoms with Gasteiger partial charge in [-0.3, -0.25) is 9.59 Å². The number of carbonyl (C=O) groups is 2. The molecule has 0 aliphatic rings. The Kier molecular flexibility index (Phi) is 6.43. The van der Waals surface area contributed by atoms with Gasteiger partial charge in [-0.1, -0.05) is 60.4 Å². The molecule has 0 unspecified atom stereocenters. The van der Waals surface area contributed by atoms with Crippen LogP contribution in [0, 0.1) is 11.8 Å². The molecule has 2 aromatic carbocycles. The molecule has 2 N–H and O–H groups in total. The van der Waals surface area contributed by atoms with Crippen LogP contribution in [0.4, 0.5) is 0 Å². The van der Waals surface area contributed by atoms with Gasteiger partial charge in [0.2, 0.25) is 11.8 Å². The van der Waals surface area contributed by atoms with E-state index in [0.717, 1.165) is 11.1 Å². The highest BCUT2D eigenvalue weighted by molar-refractivity contribution is 5.85. The normalized spacial score (nSPS) is 9.39. The second kappa shape index (κ2) is 9.06. The van der Waals surface area contributed by atoms with Crippen LogP contribution in [0.25, 0.3) is 0 Å². The summed E-state index contributed by atoms with van der Waals surface area (Å²) in [5.41, 5.74) is 1.82. The third kappa shape index (κ3) is 6.49. The Bertz CT molecular complexity index is 700. The van der Waals surface area contributed by atoms with Crippen molar-refractivity contribution in [3.05, 3.63) is 71.8 Å². The first kappa shape index (κ1) is 16.3. The van der Waals surface area contributed by atoms with E-state index in [9.17, 15) is 9.59 Å². The number of hydrogen-bond donors (Lipinski definition) is 2. The van der Waals surface area contributed by atoms with Crippen molar-refractivity contribution < 1.29 is 9.59 Å². The molecule has 2 aromatic rings. The Hall–Kier alpha value is -3.06. The molecule has 0 saturated heterocycles. The number of carbonyl (C=O) groups excluding carboxylic acids is 2. The molecule has 0 aromatic heterocycles. The zero-order valence-corrected chi connectivity index (χ0v) is 12.7. The van der Waals surface area contributed by atoms with E-state index in [1.54, 1.807) is 0 Å². The summed E-state index contributed by atoms with van der Waals surface area (Å²) in [5, 5.41) is 5.24. The molecule has 4 nitrogen and oxygen atoms in total. The molecule has 0 aliphatic carbocycles. The van der Waals surface area contributed by atoms with Gasteiger partial charge in [0.1, 0.15) is 0 Å². The van der Waals surface area contributed by atoms with Gasteiger partial charge in [0.05, 0.1) is 19.5 Å². The predicted molar refractivity (Wildman–Crippen MR) is 89.5 cm³/mol. The Balaban J connectivity index is 1.65.